The molecule has 4 fully saturated rings. The summed E-state index contributed by atoms with van der Waals surface area (Å²) in [5.41, 5.74) is 3.22. The fourth-order valence-corrected chi connectivity index (χ4v) is 9.43. The van der Waals surface area contributed by atoms with Crippen LogP contribution >= 0.6 is 0 Å². The van der Waals surface area contributed by atoms with Crippen LogP contribution in [0.3, 0.4) is 0 Å². The number of aromatic amines is 1. The molecule has 19 heteroatoms. The molecule has 0 aliphatic heterocycles. The number of hydrogen-bond donors (Lipinski definition) is 16. The molecule has 350 valence electrons. The van der Waals surface area contributed by atoms with Gasteiger partial charge in [-0.15, -0.1) is 0 Å². The molecule has 0 spiro atoms. The van der Waals surface area contributed by atoms with Crippen LogP contribution in [-0.2, 0) is 6.42 Å². The van der Waals surface area contributed by atoms with Gasteiger partial charge in [0.25, 0.3) is 5.91 Å². The van der Waals surface area contributed by atoms with Crippen LogP contribution in [0.1, 0.15) is 75.3 Å². The molecule has 0 unspecified atom stereocenters. The van der Waals surface area contributed by atoms with E-state index in [9.17, 15) is 34.8 Å². The Labute approximate surface area is 365 Å². The van der Waals surface area contributed by atoms with E-state index in [1.54, 1.807) is 14.1 Å². The number of H-pyrrole nitrogens is 1. The number of carboxylic acids is 2. The van der Waals surface area contributed by atoms with Crippen molar-refractivity contribution in [1.29, 1.82) is 0 Å². The molecule has 0 saturated heterocycles. The predicted molar refractivity (Wildman–Crippen MR) is 229 cm³/mol. The first kappa shape index (κ1) is 51.3. The monoisotopic (exact) mass is 888 g/mol. The first-order valence-electron chi connectivity index (χ1n) is 21.0. The van der Waals surface area contributed by atoms with E-state index in [0.717, 1.165) is 47.2 Å². The SMILES string of the molecule is CNC[C@H](O)[C@@H](O)[C@H](O)[C@H](O)CO.CNC[C@H](O)[C@@H](O)[C@H](O)[C@H](O)CO.O=C(O)c1cc(NC(=O)c2cc(-c3ccccc3)[nH]c2CC23CC4CC(CC(C4)C2)C3)cc(C(=O)O)c1. The zero-order chi connectivity index (χ0) is 46.6. The lowest BCUT2D eigenvalue weighted by atomic mass is 9.48. The van der Waals surface area contributed by atoms with E-state index in [1.165, 1.54) is 50.7 Å². The number of benzene rings is 2. The van der Waals surface area contributed by atoms with E-state index in [1.807, 2.05) is 36.4 Å². The van der Waals surface area contributed by atoms with Crippen LogP contribution in [0, 0.1) is 23.2 Å². The summed E-state index contributed by atoms with van der Waals surface area (Å²) in [6.45, 7) is -1.14. The van der Waals surface area contributed by atoms with Crippen LogP contribution in [0.4, 0.5) is 5.69 Å². The van der Waals surface area contributed by atoms with Crippen molar-refractivity contribution in [2.45, 2.75) is 93.8 Å². The number of aromatic carboxylic acids is 2. The second-order valence-electron chi connectivity index (χ2n) is 17.1. The minimum atomic E-state index is -1.55. The molecule has 19 nitrogen and oxygen atoms in total. The third-order valence-electron chi connectivity index (χ3n) is 12.1. The van der Waals surface area contributed by atoms with Gasteiger partial charge in [0, 0.05) is 30.2 Å². The highest BCUT2D eigenvalue weighted by atomic mass is 16.4. The van der Waals surface area contributed by atoms with E-state index in [4.69, 9.17) is 40.9 Å². The summed E-state index contributed by atoms with van der Waals surface area (Å²) in [7, 11) is 3.15. The molecule has 1 heterocycles. The van der Waals surface area contributed by atoms with Gasteiger partial charge >= 0.3 is 11.9 Å². The smallest absolute Gasteiger partial charge is 0.335 e. The average molecular weight is 889 g/mol. The van der Waals surface area contributed by atoms with Crippen LogP contribution in [0.25, 0.3) is 11.3 Å². The molecule has 8 atom stereocenters. The average Bonchev–Trinajstić information content (AvgIpc) is 3.68. The lowest BCUT2D eigenvalue weighted by Gasteiger charge is -2.57. The zero-order valence-electron chi connectivity index (χ0n) is 35.4. The Morgan fingerprint density at radius 3 is 1.48 bits per heavy atom. The number of anilines is 1. The van der Waals surface area contributed by atoms with Crippen molar-refractivity contribution in [3.05, 3.63) is 77.0 Å². The number of rotatable bonds is 19. The number of amides is 1. The number of nitrogens with one attached hydrogen (secondary N) is 4. The number of aliphatic hydroxyl groups excluding tert-OH is 10. The van der Waals surface area contributed by atoms with Gasteiger partial charge in [0.2, 0.25) is 0 Å². The number of hydrogen-bond acceptors (Lipinski definition) is 15. The largest absolute Gasteiger partial charge is 0.478 e. The van der Waals surface area contributed by atoms with Crippen LogP contribution < -0.4 is 16.0 Å². The van der Waals surface area contributed by atoms with E-state index in [2.05, 4.69) is 20.9 Å². The van der Waals surface area contributed by atoms with Crippen molar-refractivity contribution in [2.24, 2.45) is 23.2 Å². The molecule has 3 aromatic rings. The first-order valence-corrected chi connectivity index (χ1v) is 21.0. The van der Waals surface area contributed by atoms with E-state index >= 15 is 0 Å². The van der Waals surface area contributed by atoms with Crippen molar-refractivity contribution < 1.29 is 75.7 Å². The lowest BCUT2D eigenvalue weighted by molar-refractivity contribution is -0.113. The molecular formula is C44H64N4O15. The summed E-state index contributed by atoms with van der Waals surface area (Å²) in [5, 5.41) is 117. The molecule has 63 heavy (non-hydrogen) atoms. The fourth-order valence-electron chi connectivity index (χ4n) is 9.43. The summed E-state index contributed by atoms with van der Waals surface area (Å²) in [6, 6.07) is 15.4. The molecule has 0 radical (unpaired) electrons. The van der Waals surface area contributed by atoms with E-state index < -0.39 is 74.0 Å². The fraction of sp³-hybridized carbons (Fsp3) is 0.568. The van der Waals surface area contributed by atoms with Gasteiger partial charge in [-0.25, -0.2) is 9.59 Å². The first-order chi connectivity index (χ1) is 29.8. The van der Waals surface area contributed by atoms with Crippen LogP contribution in [0.15, 0.2) is 54.6 Å². The topological polar surface area (TPSA) is 346 Å². The summed E-state index contributed by atoms with van der Waals surface area (Å²) in [4.78, 5) is 40.2. The minimum Gasteiger partial charge on any atom is -0.478 e. The van der Waals surface area contributed by atoms with Crippen molar-refractivity contribution in [3.8, 4) is 11.3 Å². The van der Waals surface area contributed by atoms with Crippen molar-refractivity contribution in [3.63, 3.8) is 0 Å². The van der Waals surface area contributed by atoms with E-state index in [0.29, 0.717) is 5.56 Å². The molecule has 4 aliphatic rings. The number of aliphatic hydroxyl groups is 10. The summed E-state index contributed by atoms with van der Waals surface area (Å²) < 4.78 is 0. The maximum Gasteiger partial charge on any atom is 0.335 e. The van der Waals surface area contributed by atoms with Crippen LogP contribution in [-0.4, -0.2) is 173 Å². The molecule has 1 amide bonds. The Morgan fingerprint density at radius 2 is 1.08 bits per heavy atom. The zero-order valence-corrected chi connectivity index (χ0v) is 35.4. The van der Waals surface area contributed by atoms with Gasteiger partial charge in [0.1, 0.15) is 36.6 Å². The Hall–Kier alpha value is -4.35. The Kier molecular flexibility index (Phi) is 19.2. The third kappa shape index (κ3) is 13.8. The number of carboxylic acid groups (broad SMARTS) is 2. The molecule has 4 aliphatic carbocycles. The van der Waals surface area contributed by atoms with Crippen molar-refractivity contribution in [2.75, 3.05) is 45.7 Å². The maximum absolute atomic E-state index is 13.6. The molecule has 4 bridgehead atoms. The highest BCUT2D eigenvalue weighted by molar-refractivity contribution is 6.07. The molecule has 2 aromatic carbocycles. The Balaban J connectivity index is 0.000000277. The predicted octanol–water partition coefficient (Wildman–Crippen LogP) is -0.627. The number of carbonyl (C=O) groups excluding carboxylic acids is 1. The van der Waals surface area contributed by atoms with Crippen molar-refractivity contribution >= 4 is 23.5 Å². The van der Waals surface area contributed by atoms with Gasteiger partial charge in [-0.3, -0.25) is 4.79 Å². The minimum absolute atomic E-state index is 0.0936. The maximum atomic E-state index is 13.6. The number of aromatic nitrogens is 1. The summed E-state index contributed by atoms with van der Waals surface area (Å²) in [5.74, 6) is -0.513. The van der Waals surface area contributed by atoms with Gasteiger partial charge in [-0.2, -0.15) is 0 Å². The van der Waals surface area contributed by atoms with Gasteiger partial charge in [-0.1, -0.05) is 30.3 Å². The normalized spacial score (nSPS) is 23.7. The van der Waals surface area contributed by atoms with Gasteiger partial charge in [0.05, 0.1) is 42.1 Å². The molecule has 16 N–H and O–H groups in total. The van der Waals surface area contributed by atoms with Crippen LogP contribution in [0.5, 0.6) is 0 Å². The second-order valence-corrected chi connectivity index (χ2v) is 17.1. The second kappa shape index (κ2) is 23.5. The van der Waals surface area contributed by atoms with Gasteiger partial charge < -0.3 is 82.2 Å². The third-order valence-corrected chi connectivity index (χ3v) is 12.1. The molecule has 7 rings (SSSR count). The molecule has 1 aromatic heterocycles. The lowest BCUT2D eigenvalue weighted by Crippen LogP contribution is -2.48. The van der Waals surface area contributed by atoms with Gasteiger partial charge in [-0.05, 0) is 112 Å². The number of carbonyl (C=O) groups is 3. The Bertz CT molecular complexity index is 1830. The molecule has 4 saturated carbocycles. The van der Waals surface area contributed by atoms with Crippen LogP contribution in [0.2, 0.25) is 0 Å². The quantitative estimate of drug-likeness (QED) is 0.0713. The van der Waals surface area contributed by atoms with Gasteiger partial charge in [0.15, 0.2) is 0 Å². The van der Waals surface area contributed by atoms with Crippen molar-refractivity contribution in [1.82, 2.24) is 15.6 Å². The molecular weight excluding hydrogens is 824 g/mol. The van der Waals surface area contributed by atoms with E-state index in [-0.39, 0.29) is 41.2 Å². The number of likely N-dealkylation sites (N-methyl/N-ethyl adjacent to an activating group) is 2. The summed E-state index contributed by atoms with van der Waals surface area (Å²) in [6.07, 6.45) is -2.82. The standard InChI is InChI=1S/C30H30N2O5.2C7H17NO5/c33-27(31-23-10-21(28(34)35)9-22(11-23)29(36)37)24-12-25(20-4-2-1-3-5-20)32-26(24)16-30-13-17-6-18(14-30)8-19(7-17)15-30;2*1-8-2-4(10)6(12)7(13)5(11)3-9/h1-5,9-12,17-19,32H,6-8,13-16H2,(H,31,33)(H,34,35)(H,36,37);2*4-13H,2-3H2,1H3/t;2*4-,5+,6+,7+/m.00/s1. The highest BCUT2D eigenvalue weighted by Gasteiger charge is 2.51. The Morgan fingerprint density at radius 1 is 0.651 bits per heavy atom. The summed E-state index contributed by atoms with van der Waals surface area (Å²) >= 11 is 0. The highest BCUT2D eigenvalue weighted by Crippen LogP contribution is 2.61.